The molecular formula is C26H33ClF2N8O3S. The number of nitrogens with zero attached hydrogens (tertiary/aromatic N) is 5. The molecule has 0 saturated carbocycles. The predicted octanol–water partition coefficient (Wildman–Crippen LogP) is 4.59. The summed E-state index contributed by atoms with van der Waals surface area (Å²) >= 11 is 6.33. The first-order valence-corrected chi connectivity index (χ1v) is 14.8. The van der Waals surface area contributed by atoms with E-state index in [0.29, 0.717) is 35.3 Å². The normalized spacial score (nSPS) is 16.5. The van der Waals surface area contributed by atoms with E-state index in [0.717, 1.165) is 4.31 Å². The lowest BCUT2D eigenvalue weighted by molar-refractivity contribution is 0.255. The van der Waals surface area contributed by atoms with Crippen LogP contribution in [0.1, 0.15) is 33.2 Å². The van der Waals surface area contributed by atoms with Gasteiger partial charge in [-0.25, -0.2) is 18.7 Å². The van der Waals surface area contributed by atoms with Crippen molar-refractivity contribution in [2.24, 2.45) is 0 Å². The number of alkyl halides is 1. The number of anilines is 2. The molecule has 1 aliphatic heterocycles. The molecule has 0 amide bonds. The lowest BCUT2D eigenvalue weighted by atomic mass is 10.0. The summed E-state index contributed by atoms with van der Waals surface area (Å²) in [6, 6.07) is 4.08. The summed E-state index contributed by atoms with van der Waals surface area (Å²) in [4.78, 5) is 8.85. The molecule has 0 bridgehead atoms. The highest BCUT2D eigenvalue weighted by atomic mass is 35.5. The topological polar surface area (TPSA) is 126 Å². The van der Waals surface area contributed by atoms with Gasteiger partial charge in [-0.1, -0.05) is 11.6 Å². The van der Waals surface area contributed by atoms with E-state index in [2.05, 4.69) is 37.0 Å². The van der Waals surface area contributed by atoms with Gasteiger partial charge in [0.05, 0.1) is 18.5 Å². The smallest absolute Gasteiger partial charge is 0.301 e. The van der Waals surface area contributed by atoms with Gasteiger partial charge in [-0.15, -0.1) is 0 Å². The summed E-state index contributed by atoms with van der Waals surface area (Å²) in [5.41, 5.74) is 0.762. The summed E-state index contributed by atoms with van der Waals surface area (Å²) in [6.45, 7) is 9.65. The fourth-order valence-electron chi connectivity index (χ4n) is 4.22. The zero-order valence-electron chi connectivity index (χ0n) is 23.2. The number of benzene rings is 1. The molecule has 0 unspecified atom stereocenters. The number of hydrogen-bond donors (Lipinski definition) is 3. The van der Waals surface area contributed by atoms with Crippen molar-refractivity contribution in [2.75, 3.05) is 36.8 Å². The first-order chi connectivity index (χ1) is 19.4. The van der Waals surface area contributed by atoms with Gasteiger partial charge < -0.3 is 15.4 Å². The molecule has 222 valence electrons. The van der Waals surface area contributed by atoms with Gasteiger partial charge in [0.1, 0.15) is 11.9 Å². The van der Waals surface area contributed by atoms with Crippen molar-refractivity contribution in [1.29, 1.82) is 0 Å². The van der Waals surface area contributed by atoms with Crippen LogP contribution in [0.25, 0.3) is 22.5 Å². The molecular weight excluding hydrogens is 578 g/mol. The fraction of sp³-hybridized carbons (Fsp3) is 0.423. The van der Waals surface area contributed by atoms with Gasteiger partial charge in [-0.2, -0.15) is 17.8 Å². The summed E-state index contributed by atoms with van der Waals surface area (Å²) in [7, 11) is -2.69. The van der Waals surface area contributed by atoms with Gasteiger partial charge in [0.2, 0.25) is 5.95 Å². The molecule has 1 fully saturated rings. The molecule has 1 aliphatic rings. The van der Waals surface area contributed by atoms with Crippen molar-refractivity contribution in [3.05, 3.63) is 53.9 Å². The highest BCUT2D eigenvalue weighted by Gasteiger charge is 2.32. The van der Waals surface area contributed by atoms with Crippen LogP contribution in [-0.2, 0) is 14.9 Å². The van der Waals surface area contributed by atoms with E-state index in [-0.39, 0.29) is 47.9 Å². The number of nitrogens with one attached hydrogen (secondary N) is 3. The molecule has 0 aliphatic carbocycles. The molecule has 15 heteroatoms. The first-order valence-electron chi connectivity index (χ1n) is 12.9. The second-order valence-corrected chi connectivity index (χ2v) is 12.1. The number of aromatic nitrogens is 4. The molecule has 1 aromatic carbocycles. The minimum Gasteiger partial charge on any atom is -0.483 e. The van der Waals surface area contributed by atoms with Crippen LogP contribution in [0, 0.1) is 5.82 Å². The minimum atomic E-state index is -4.21. The van der Waals surface area contributed by atoms with Gasteiger partial charge in [0, 0.05) is 60.3 Å². The molecule has 2 atom stereocenters. The number of hydrogen-bond acceptors (Lipinski definition) is 8. The Kier molecular flexibility index (Phi) is 9.34. The molecule has 2 aromatic heterocycles. The molecule has 0 radical (unpaired) electrons. The Balaban J connectivity index is 1.69. The van der Waals surface area contributed by atoms with E-state index in [9.17, 15) is 12.8 Å². The maximum Gasteiger partial charge on any atom is 0.301 e. The molecule has 11 nitrogen and oxygen atoms in total. The fourth-order valence-corrected chi connectivity index (χ4v) is 5.69. The zero-order chi connectivity index (χ0) is 29.9. The quantitative estimate of drug-likeness (QED) is 0.254. The van der Waals surface area contributed by atoms with Crippen LogP contribution >= 0.6 is 11.6 Å². The number of rotatable bonds is 12. The van der Waals surface area contributed by atoms with Crippen LogP contribution in [0.2, 0.25) is 5.02 Å². The van der Waals surface area contributed by atoms with Crippen LogP contribution in [-0.4, -0.2) is 71.4 Å². The second-order valence-electron chi connectivity index (χ2n) is 9.95. The van der Waals surface area contributed by atoms with Gasteiger partial charge in [0.15, 0.2) is 11.7 Å². The minimum absolute atomic E-state index is 0.00307. The summed E-state index contributed by atoms with van der Waals surface area (Å²) in [5.74, 6) is -0.111. The van der Waals surface area contributed by atoms with Crippen molar-refractivity contribution in [3.8, 4) is 22.5 Å². The number of halogens is 3. The molecule has 41 heavy (non-hydrogen) atoms. The van der Waals surface area contributed by atoms with Crippen LogP contribution in [0.3, 0.4) is 0 Å². The summed E-state index contributed by atoms with van der Waals surface area (Å²) < 4.78 is 65.2. The van der Waals surface area contributed by atoms with Crippen molar-refractivity contribution in [1.82, 2.24) is 29.4 Å². The first kappa shape index (κ1) is 30.5. The van der Waals surface area contributed by atoms with Crippen molar-refractivity contribution < 1.29 is 21.9 Å². The molecule has 1 saturated heterocycles. The van der Waals surface area contributed by atoms with E-state index < -0.39 is 22.2 Å². The molecule has 3 aromatic rings. The van der Waals surface area contributed by atoms with Gasteiger partial charge in [-0.05, 0) is 52.0 Å². The number of ether oxygens (including phenoxy) is 1. The monoisotopic (exact) mass is 610 g/mol. The molecule has 3 heterocycles. The Hall–Kier alpha value is -3.49. The predicted molar refractivity (Wildman–Crippen MR) is 155 cm³/mol. The Morgan fingerprint density at radius 1 is 1.29 bits per heavy atom. The van der Waals surface area contributed by atoms with Crippen molar-refractivity contribution >= 4 is 33.4 Å². The Morgan fingerprint density at radius 3 is 2.71 bits per heavy atom. The lowest BCUT2D eigenvalue weighted by Crippen LogP contribution is -2.34. The van der Waals surface area contributed by atoms with E-state index in [1.54, 1.807) is 23.1 Å². The largest absolute Gasteiger partial charge is 0.483 e. The summed E-state index contributed by atoms with van der Waals surface area (Å²) in [6.07, 6.45) is 2.01. The molecule has 3 N–H and O–H groups in total. The van der Waals surface area contributed by atoms with Crippen LogP contribution in [0.15, 0.2) is 43.1 Å². The maximum atomic E-state index is 16.0. The van der Waals surface area contributed by atoms with E-state index in [1.165, 1.54) is 19.2 Å². The third-order valence-corrected chi connectivity index (χ3v) is 8.09. The van der Waals surface area contributed by atoms with Crippen molar-refractivity contribution in [2.45, 2.75) is 45.4 Å². The van der Waals surface area contributed by atoms with Crippen molar-refractivity contribution in [3.63, 3.8) is 0 Å². The van der Waals surface area contributed by atoms with Gasteiger partial charge in [0.25, 0.3) is 0 Å². The zero-order valence-corrected chi connectivity index (χ0v) is 24.7. The number of methoxy groups -OCH3 is 1. The summed E-state index contributed by atoms with van der Waals surface area (Å²) in [5, 5.41) is 11.0. The maximum absolute atomic E-state index is 16.0. The molecule has 4 rings (SSSR count). The van der Waals surface area contributed by atoms with Crippen LogP contribution in [0.4, 0.5) is 20.4 Å². The average molecular weight is 611 g/mol. The van der Waals surface area contributed by atoms with Gasteiger partial charge in [-0.3, -0.25) is 9.40 Å². The van der Waals surface area contributed by atoms with Crippen LogP contribution < -0.4 is 15.4 Å². The van der Waals surface area contributed by atoms with Gasteiger partial charge >= 0.3 is 10.2 Å². The van der Waals surface area contributed by atoms with E-state index in [4.69, 9.17) is 16.3 Å². The third kappa shape index (κ3) is 7.24. The second kappa shape index (κ2) is 12.6. The highest BCUT2D eigenvalue weighted by molar-refractivity contribution is 7.90. The van der Waals surface area contributed by atoms with E-state index >= 15 is 4.39 Å². The SMILES string of the molecule is C=C(N[C@@H](C)CNc1nccc(-c2nn(C(C)C)cc2-c2cc(Cl)cc(NS(=O)(=O)N3CC[C@@H](F)C3)c2F)n1)OC. The Bertz CT molecular complexity index is 1520. The average Bonchev–Trinajstić information content (AvgIpc) is 3.57. The highest BCUT2D eigenvalue weighted by Crippen LogP contribution is 2.38. The van der Waals surface area contributed by atoms with Crippen LogP contribution in [0.5, 0.6) is 0 Å². The Labute approximate surface area is 243 Å². The Morgan fingerprint density at radius 2 is 2.05 bits per heavy atom. The molecule has 0 spiro atoms. The standard InChI is InChI=1S/C26H33ClF2N8O3S/c1-15(2)37-14-21(25(34-37)22-6-8-30-26(33-22)31-12-16(3)32-17(4)40-5)20-10-18(27)11-23(24(20)29)35-41(38,39)36-9-7-19(28)13-36/h6,8,10-11,14-16,19,32,35H,4,7,9,12-13H2,1-3,5H3,(H,30,31,33)/t16-,19+/m0/s1. The van der Waals surface area contributed by atoms with E-state index in [1.807, 2.05) is 20.8 Å². The third-order valence-electron chi connectivity index (χ3n) is 6.38. The lowest BCUT2D eigenvalue weighted by Gasteiger charge is -2.18.